The van der Waals surface area contributed by atoms with E-state index in [1.54, 1.807) is 0 Å². The lowest BCUT2D eigenvalue weighted by Crippen LogP contribution is -2.19. The van der Waals surface area contributed by atoms with Gasteiger partial charge in [-0.05, 0) is 49.4 Å². The zero-order chi connectivity index (χ0) is 14.0. The molecule has 1 unspecified atom stereocenters. The maximum atomic E-state index is 13.4. The largest absolute Gasteiger partial charge is 0.419 e. The van der Waals surface area contributed by atoms with E-state index in [1.807, 2.05) is 6.92 Å². The van der Waals surface area contributed by atoms with Gasteiger partial charge in [0.25, 0.3) is 0 Å². The molecule has 0 bridgehead atoms. The van der Waals surface area contributed by atoms with Gasteiger partial charge in [0.2, 0.25) is 0 Å². The minimum Gasteiger partial charge on any atom is -0.314 e. The Morgan fingerprint density at radius 2 is 2.00 bits per heavy atom. The van der Waals surface area contributed by atoms with Crippen LogP contribution < -0.4 is 5.32 Å². The van der Waals surface area contributed by atoms with E-state index < -0.39 is 17.6 Å². The lowest BCUT2D eigenvalue weighted by molar-refractivity contribution is -0.140. The number of hydrogen-bond donors (Lipinski definition) is 1. The molecule has 1 nitrogen and oxygen atoms in total. The Labute approximate surface area is 110 Å². The lowest BCUT2D eigenvalue weighted by atomic mass is 9.96. The molecule has 0 radical (unpaired) electrons. The second-order valence-electron chi connectivity index (χ2n) is 5.16. The zero-order valence-electron chi connectivity index (χ0n) is 10.7. The molecule has 0 aliphatic heterocycles. The first-order valence-corrected chi connectivity index (χ1v) is 6.48. The molecule has 1 aromatic rings. The first-order chi connectivity index (χ1) is 8.88. The molecule has 0 spiro atoms. The smallest absolute Gasteiger partial charge is 0.314 e. The Kier molecular flexibility index (Phi) is 4.13. The van der Waals surface area contributed by atoms with Crippen molar-refractivity contribution in [3.05, 3.63) is 35.1 Å². The van der Waals surface area contributed by atoms with Crippen molar-refractivity contribution in [2.24, 2.45) is 0 Å². The molecule has 0 saturated heterocycles. The molecule has 106 valence electrons. The highest BCUT2D eigenvalue weighted by molar-refractivity contribution is 5.28. The van der Waals surface area contributed by atoms with Crippen molar-refractivity contribution in [1.29, 1.82) is 0 Å². The van der Waals surface area contributed by atoms with Gasteiger partial charge in [-0.25, -0.2) is 4.39 Å². The Hall–Kier alpha value is -1.10. The van der Waals surface area contributed by atoms with E-state index in [4.69, 9.17) is 0 Å². The molecule has 0 heterocycles. The summed E-state index contributed by atoms with van der Waals surface area (Å²) in [5.41, 5.74) is -0.581. The molecule has 1 fully saturated rings. The summed E-state index contributed by atoms with van der Waals surface area (Å²) in [5.74, 6) is -1.14. The molecule has 2 rings (SSSR count). The van der Waals surface area contributed by atoms with Crippen LogP contribution in [0.5, 0.6) is 0 Å². The van der Waals surface area contributed by atoms with Crippen molar-refractivity contribution in [1.82, 2.24) is 5.32 Å². The summed E-state index contributed by atoms with van der Waals surface area (Å²) in [4.78, 5) is 0. The summed E-state index contributed by atoms with van der Waals surface area (Å²) >= 11 is 0. The van der Waals surface area contributed by atoms with E-state index in [0.717, 1.165) is 25.1 Å². The molecular weight excluding hydrogens is 258 g/mol. The van der Waals surface area contributed by atoms with Crippen LogP contribution in [0, 0.1) is 5.82 Å². The minimum absolute atomic E-state index is 0.0445. The van der Waals surface area contributed by atoms with Crippen LogP contribution >= 0.6 is 0 Å². The fourth-order valence-corrected chi connectivity index (χ4v) is 2.03. The number of rotatable bonds is 5. The molecule has 19 heavy (non-hydrogen) atoms. The summed E-state index contributed by atoms with van der Waals surface area (Å²) in [7, 11) is 0. The van der Waals surface area contributed by atoms with Crippen LogP contribution in [0.1, 0.15) is 43.2 Å². The molecule has 1 aliphatic rings. The van der Waals surface area contributed by atoms with Crippen LogP contribution in [0.2, 0.25) is 0 Å². The predicted molar refractivity (Wildman–Crippen MR) is 65.5 cm³/mol. The van der Waals surface area contributed by atoms with Crippen molar-refractivity contribution in [3.8, 4) is 0 Å². The number of nitrogens with one attached hydrogen (secondary N) is 1. The third kappa shape index (κ3) is 3.93. The molecule has 1 aliphatic carbocycles. The monoisotopic (exact) mass is 275 g/mol. The lowest BCUT2D eigenvalue weighted by Gasteiger charge is -2.14. The summed E-state index contributed by atoms with van der Waals surface area (Å²) in [5, 5.41) is 3.33. The zero-order valence-corrected chi connectivity index (χ0v) is 10.7. The van der Waals surface area contributed by atoms with E-state index in [1.165, 1.54) is 18.9 Å². The van der Waals surface area contributed by atoms with Crippen LogP contribution in [0.15, 0.2) is 18.2 Å². The number of halogens is 4. The van der Waals surface area contributed by atoms with Crippen molar-refractivity contribution in [2.45, 2.75) is 44.3 Å². The molecular formula is C14H17F4N. The van der Waals surface area contributed by atoms with Gasteiger partial charge >= 0.3 is 6.18 Å². The normalized spacial score (nSPS) is 17.5. The van der Waals surface area contributed by atoms with Crippen molar-refractivity contribution < 1.29 is 17.6 Å². The van der Waals surface area contributed by atoms with E-state index in [9.17, 15) is 17.6 Å². The molecule has 5 heteroatoms. The Balaban J connectivity index is 1.97. The van der Waals surface area contributed by atoms with Gasteiger partial charge in [0.1, 0.15) is 5.82 Å². The summed E-state index contributed by atoms with van der Waals surface area (Å²) in [6.07, 6.45) is -1.44. The van der Waals surface area contributed by atoms with Crippen molar-refractivity contribution in [3.63, 3.8) is 0 Å². The average molecular weight is 275 g/mol. The second-order valence-corrected chi connectivity index (χ2v) is 5.16. The third-order valence-corrected chi connectivity index (χ3v) is 3.46. The summed E-state index contributed by atoms with van der Waals surface area (Å²) < 4.78 is 50.7. The average Bonchev–Trinajstić information content (AvgIpc) is 3.11. The SMILES string of the molecule is CC(CCNC1CC1)c1ccc(C(F)(F)F)c(F)c1. The fourth-order valence-electron chi connectivity index (χ4n) is 2.03. The molecule has 1 aromatic carbocycles. The third-order valence-electron chi connectivity index (χ3n) is 3.46. The van der Waals surface area contributed by atoms with Gasteiger partial charge in [-0.1, -0.05) is 13.0 Å². The van der Waals surface area contributed by atoms with E-state index in [0.29, 0.717) is 11.6 Å². The van der Waals surface area contributed by atoms with Gasteiger partial charge in [0, 0.05) is 6.04 Å². The van der Waals surface area contributed by atoms with E-state index in [2.05, 4.69) is 5.32 Å². The first kappa shape index (κ1) is 14.3. The summed E-state index contributed by atoms with van der Waals surface area (Å²) in [6.45, 7) is 2.71. The Morgan fingerprint density at radius 1 is 1.32 bits per heavy atom. The van der Waals surface area contributed by atoms with Gasteiger partial charge in [-0.15, -0.1) is 0 Å². The predicted octanol–water partition coefficient (Wildman–Crippen LogP) is 4.09. The maximum Gasteiger partial charge on any atom is 0.419 e. The molecule has 1 atom stereocenters. The quantitative estimate of drug-likeness (QED) is 0.798. The molecule has 0 aromatic heterocycles. The van der Waals surface area contributed by atoms with E-state index in [-0.39, 0.29) is 5.92 Å². The van der Waals surface area contributed by atoms with Crippen LogP contribution in [-0.4, -0.2) is 12.6 Å². The van der Waals surface area contributed by atoms with Gasteiger partial charge in [0.05, 0.1) is 5.56 Å². The van der Waals surface area contributed by atoms with E-state index >= 15 is 0 Å². The highest BCUT2D eigenvalue weighted by Crippen LogP contribution is 2.33. The molecule has 1 saturated carbocycles. The van der Waals surface area contributed by atoms with Crippen LogP contribution in [0.25, 0.3) is 0 Å². The highest BCUT2D eigenvalue weighted by atomic mass is 19.4. The number of benzene rings is 1. The van der Waals surface area contributed by atoms with Gasteiger partial charge < -0.3 is 5.32 Å². The van der Waals surface area contributed by atoms with Crippen LogP contribution in [-0.2, 0) is 6.18 Å². The second kappa shape index (κ2) is 5.49. The molecule has 0 amide bonds. The molecule has 1 N–H and O–H groups in total. The fraction of sp³-hybridized carbons (Fsp3) is 0.571. The van der Waals surface area contributed by atoms with Gasteiger partial charge in [-0.2, -0.15) is 13.2 Å². The standard InChI is InChI=1S/C14H17F4N/c1-9(6-7-19-11-3-4-11)10-2-5-12(13(15)8-10)14(16,17)18/h2,5,8-9,11,19H,3-4,6-7H2,1H3. The van der Waals surface area contributed by atoms with Crippen molar-refractivity contribution in [2.75, 3.05) is 6.54 Å². The van der Waals surface area contributed by atoms with Gasteiger partial charge in [-0.3, -0.25) is 0 Å². The topological polar surface area (TPSA) is 12.0 Å². The van der Waals surface area contributed by atoms with Gasteiger partial charge in [0.15, 0.2) is 0 Å². The Morgan fingerprint density at radius 3 is 2.53 bits per heavy atom. The van der Waals surface area contributed by atoms with Crippen molar-refractivity contribution >= 4 is 0 Å². The Bertz CT molecular complexity index is 438. The maximum absolute atomic E-state index is 13.4. The number of hydrogen-bond acceptors (Lipinski definition) is 1. The highest BCUT2D eigenvalue weighted by Gasteiger charge is 2.34. The van der Waals surface area contributed by atoms with Crippen LogP contribution in [0.3, 0.4) is 0 Å². The minimum atomic E-state index is -4.63. The first-order valence-electron chi connectivity index (χ1n) is 6.48. The summed E-state index contributed by atoms with van der Waals surface area (Å²) in [6, 6.07) is 3.81. The number of alkyl halides is 3. The van der Waals surface area contributed by atoms with Crippen LogP contribution in [0.4, 0.5) is 17.6 Å².